The topological polar surface area (TPSA) is 175 Å². The van der Waals surface area contributed by atoms with Gasteiger partial charge in [0, 0.05) is 23.6 Å². The van der Waals surface area contributed by atoms with E-state index in [1.165, 1.54) is 54.6 Å². The first kappa shape index (κ1) is 24.5. The molecule has 2 aromatic carbocycles. The lowest BCUT2D eigenvalue weighted by Gasteiger charge is -2.47. The number of carbonyl (C=O) groups is 2. The van der Waals surface area contributed by atoms with Gasteiger partial charge in [0.15, 0.2) is 11.3 Å². The van der Waals surface area contributed by atoms with Crippen LogP contribution in [0.5, 0.6) is 0 Å². The normalized spacial score (nSPS) is 24.5. The number of carbonyl (C=O) groups excluding carboxylic acids is 2. The second-order valence-electron chi connectivity index (χ2n) is 7.98. The zero-order valence-corrected chi connectivity index (χ0v) is 19.0. The van der Waals surface area contributed by atoms with E-state index in [1.807, 2.05) is 0 Å². The second kappa shape index (κ2) is 9.19. The van der Waals surface area contributed by atoms with Crippen LogP contribution in [0.15, 0.2) is 65.8 Å². The summed E-state index contributed by atoms with van der Waals surface area (Å²) in [5, 5.41) is 40.2. The SMILES string of the molecule is COC(=O)C1=NN2C(c3ccccc3[N+](=O)[O-])C=CC(c3ccccc3[N+](=O)[O-])C2(C(=O)OC)C1O. The van der Waals surface area contributed by atoms with Crippen molar-refractivity contribution in [3.63, 3.8) is 0 Å². The van der Waals surface area contributed by atoms with Crippen molar-refractivity contribution >= 4 is 29.0 Å². The van der Waals surface area contributed by atoms with E-state index in [9.17, 15) is 34.9 Å². The summed E-state index contributed by atoms with van der Waals surface area (Å²) in [7, 11) is 2.10. The average Bonchev–Trinajstić information content (AvgIpc) is 3.21. The van der Waals surface area contributed by atoms with Gasteiger partial charge in [-0.05, 0) is 6.07 Å². The Labute approximate surface area is 203 Å². The molecule has 13 nitrogen and oxygen atoms in total. The Balaban J connectivity index is 2.05. The molecule has 0 bridgehead atoms. The van der Waals surface area contributed by atoms with Crippen LogP contribution in [0.4, 0.5) is 11.4 Å². The van der Waals surface area contributed by atoms with E-state index in [0.29, 0.717) is 0 Å². The Morgan fingerprint density at radius 2 is 1.50 bits per heavy atom. The van der Waals surface area contributed by atoms with Gasteiger partial charge in [0.2, 0.25) is 0 Å². The zero-order chi connectivity index (χ0) is 26.2. The molecule has 0 amide bonds. The number of ether oxygens (including phenoxy) is 2. The largest absolute Gasteiger partial charge is 0.467 e. The molecule has 4 rings (SSSR count). The Morgan fingerprint density at radius 1 is 0.944 bits per heavy atom. The number of fused-ring (bicyclic) bond motifs is 1. The maximum absolute atomic E-state index is 13.5. The molecule has 2 aliphatic heterocycles. The number of hydrogen-bond acceptors (Lipinski definition) is 11. The molecule has 2 heterocycles. The number of aliphatic hydroxyl groups is 1. The maximum atomic E-state index is 13.5. The summed E-state index contributed by atoms with van der Waals surface area (Å²) in [4.78, 5) is 48.4. The molecular formula is C23H20N4O9. The monoisotopic (exact) mass is 496 g/mol. The number of hydrazone groups is 1. The van der Waals surface area contributed by atoms with Crippen LogP contribution < -0.4 is 0 Å². The van der Waals surface area contributed by atoms with Crippen LogP contribution in [0.3, 0.4) is 0 Å². The summed E-state index contributed by atoms with van der Waals surface area (Å²) in [6.07, 6.45) is 0.940. The van der Waals surface area contributed by atoms with E-state index in [4.69, 9.17) is 9.47 Å². The molecule has 2 aromatic rings. The Morgan fingerprint density at radius 3 is 2.06 bits per heavy atom. The highest BCUT2D eigenvalue weighted by Gasteiger charge is 2.66. The minimum absolute atomic E-state index is 0.0375. The number of esters is 2. The van der Waals surface area contributed by atoms with Gasteiger partial charge in [0.1, 0.15) is 6.10 Å². The first-order valence-corrected chi connectivity index (χ1v) is 10.6. The van der Waals surface area contributed by atoms with E-state index in [2.05, 4.69) is 5.10 Å². The molecule has 4 atom stereocenters. The van der Waals surface area contributed by atoms with Crippen LogP contribution in [0.2, 0.25) is 0 Å². The van der Waals surface area contributed by atoms with Crippen molar-refractivity contribution in [3.8, 4) is 0 Å². The van der Waals surface area contributed by atoms with E-state index >= 15 is 0 Å². The molecule has 2 aliphatic rings. The maximum Gasteiger partial charge on any atom is 0.357 e. The van der Waals surface area contributed by atoms with Gasteiger partial charge < -0.3 is 14.6 Å². The molecule has 0 saturated heterocycles. The van der Waals surface area contributed by atoms with Gasteiger partial charge in [-0.1, -0.05) is 42.5 Å². The fourth-order valence-corrected chi connectivity index (χ4v) is 4.79. The van der Waals surface area contributed by atoms with Crippen molar-refractivity contribution in [1.29, 1.82) is 0 Å². The minimum Gasteiger partial charge on any atom is -0.467 e. The highest BCUT2D eigenvalue weighted by molar-refractivity contribution is 6.39. The number of nitro benzene ring substituents is 2. The van der Waals surface area contributed by atoms with Crippen molar-refractivity contribution in [1.82, 2.24) is 5.01 Å². The van der Waals surface area contributed by atoms with E-state index in [1.54, 1.807) is 6.07 Å². The van der Waals surface area contributed by atoms with Gasteiger partial charge in [0.05, 0.1) is 35.7 Å². The van der Waals surface area contributed by atoms with E-state index < -0.39 is 51.1 Å². The molecule has 0 saturated carbocycles. The van der Waals surface area contributed by atoms with Gasteiger partial charge in [-0.2, -0.15) is 5.10 Å². The van der Waals surface area contributed by atoms with Crippen molar-refractivity contribution in [2.45, 2.75) is 23.6 Å². The van der Waals surface area contributed by atoms with Gasteiger partial charge in [-0.25, -0.2) is 9.59 Å². The summed E-state index contributed by atoms with van der Waals surface area (Å²) in [5.74, 6) is -3.36. The fourth-order valence-electron chi connectivity index (χ4n) is 4.79. The molecule has 0 aromatic heterocycles. The lowest BCUT2D eigenvalue weighted by molar-refractivity contribution is -0.386. The van der Waals surface area contributed by atoms with Crippen LogP contribution in [0.1, 0.15) is 23.1 Å². The number of aliphatic hydroxyl groups excluding tert-OH is 1. The summed E-state index contributed by atoms with van der Waals surface area (Å²) in [6, 6.07) is 10.2. The number of para-hydroxylation sites is 2. The number of rotatable bonds is 6. The van der Waals surface area contributed by atoms with Crippen LogP contribution >= 0.6 is 0 Å². The Kier molecular flexibility index (Phi) is 6.24. The molecule has 0 aliphatic carbocycles. The van der Waals surface area contributed by atoms with Crippen LogP contribution in [0.25, 0.3) is 0 Å². The summed E-state index contributed by atoms with van der Waals surface area (Å²) >= 11 is 0. The summed E-state index contributed by atoms with van der Waals surface area (Å²) < 4.78 is 9.77. The number of nitrogens with zero attached hydrogens (tertiary/aromatic N) is 4. The second-order valence-corrected chi connectivity index (χ2v) is 7.98. The zero-order valence-electron chi connectivity index (χ0n) is 19.0. The Hall–Kier alpha value is -4.65. The van der Waals surface area contributed by atoms with Crippen molar-refractivity contribution in [2.75, 3.05) is 14.2 Å². The average molecular weight is 496 g/mol. The minimum atomic E-state index is -2.23. The third kappa shape index (κ3) is 3.48. The number of nitro groups is 2. The quantitative estimate of drug-likeness (QED) is 0.269. The molecular weight excluding hydrogens is 476 g/mol. The summed E-state index contributed by atoms with van der Waals surface area (Å²) in [5.41, 5.74) is -3.29. The highest BCUT2D eigenvalue weighted by atomic mass is 16.6. The summed E-state index contributed by atoms with van der Waals surface area (Å²) in [6.45, 7) is 0. The molecule has 0 spiro atoms. The van der Waals surface area contributed by atoms with E-state index in [0.717, 1.165) is 19.2 Å². The predicted octanol–water partition coefficient (Wildman–Crippen LogP) is 2.02. The Bertz CT molecular complexity index is 1320. The molecule has 1 N–H and O–H groups in total. The fraction of sp³-hybridized carbons (Fsp3) is 0.261. The third-order valence-electron chi connectivity index (χ3n) is 6.32. The number of methoxy groups -OCH3 is 2. The van der Waals surface area contributed by atoms with Crippen LogP contribution in [-0.2, 0) is 19.1 Å². The van der Waals surface area contributed by atoms with Crippen molar-refractivity contribution in [3.05, 3.63) is 92.0 Å². The third-order valence-corrected chi connectivity index (χ3v) is 6.32. The van der Waals surface area contributed by atoms with Gasteiger partial charge in [-0.3, -0.25) is 25.2 Å². The lowest BCUT2D eigenvalue weighted by Crippen LogP contribution is -2.64. The molecule has 36 heavy (non-hydrogen) atoms. The predicted molar refractivity (Wildman–Crippen MR) is 123 cm³/mol. The first-order valence-electron chi connectivity index (χ1n) is 10.6. The van der Waals surface area contributed by atoms with E-state index in [-0.39, 0.29) is 22.5 Å². The van der Waals surface area contributed by atoms with Gasteiger partial charge >= 0.3 is 11.9 Å². The van der Waals surface area contributed by atoms with Gasteiger partial charge in [0.25, 0.3) is 11.4 Å². The number of benzene rings is 2. The van der Waals surface area contributed by atoms with Crippen LogP contribution in [0, 0.1) is 20.2 Å². The molecule has 186 valence electrons. The van der Waals surface area contributed by atoms with Crippen molar-refractivity contribution in [2.24, 2.45) is 5.10 Å². The van der Waals surface area contributed by atoms with Gasteiger partial charge in [-0.15, -0.1) is 0 Å². The lowest BCUT2D eigenvalue weighted by atomic mass is 9.70. The molecule has 0 fully saturated rings. The van der Waals surface area contributed by atoms with Crippen molar-refractivity contribution < 1.29 is 34.0 Å². The molecule has 4 unspecified atom stereocenters. The smallest absolute Gasteiger partial charge is 0.357 e. The van der Waals surface area contributed by atoms with Crippen LogP contribution in [-0.4, -0.2) is 63.5 Å². The molecule has 13 heteroatoms. The highest BCUT2D eigenvalue weighted by Crippen LogP contribution is 2.52. The standard InChI is InChI=1S/C23H20N4O9/c1-35-21(29)19-20(28)23(22(30)36-2)15(13-7-3-5-9-17(13)26(31)32)11-12-16(25(23)24-19)14-8-4-6-10-18(14)27(33)34/h3-12,15-16,20,28H,1-2H3. The first-order chi connectivity index (χ1) is 17.2. The molecule has 0 radical (unpaired) electrons. The number of hydrogen-bond donors (Lipinski definition) is 1.